The molecule has 1 unspecified atom stereocenters. The molecule has 0 aliphatic carbocycles. The van der Waals surface area contributed by atoms with Crippen molar-refractivity contribution in [3.05, 3.63) is 88.9 Å². The Bertz CT molecular complexity index is 1230. The molecule has 2 N–H and O–H groups in total. The van der Waals surface area contributed by atoms with Gasteiger partial charge in [-0.25, -0.2) is 8.42 Å². The van der Waals surface area contributed by atoms with E-state index in [1.165, 1.54) is 29.2 Å². The first-order chi connectivity index (χ1) is 16.7. The predicted molar refractivity (Wildman–Crippen MR) is 143 cm³/mol. The Morgan fingerprint density at radius 3 is 2.22 bits per heavy atom. The lowest BCUT2D eigenvalue weighted by molar-refractivity contribution is -0.130. The van der Waals surface area contributed by atoms with E-state index in [1.54, 1.807) is 56.6 Å². The average molecular weight is 554 g/mol. The molecule has 10 heteroatoms. The van der Waals surface area contributed by atoms with Gasteiger partial charge < -0.3 is 20.1 Å². The molecular weight excluding hydrogens is 523 g/mol. The first kappa shape index (κ1) is 29.6. The summed E-state index contributed by atoms with van der Waals surface area (Å²) < 4.78 is 31.3. The maximum atomic E-state index is 13.0. The Morgan fingerprint density at radius 1 is 1.03 bits per heavy atom. The highest BCUT2D eigenvalue weighted by molar-refractivity contribution is 7.91. The fourth-order valence-electron chi connectivity index (χ4n) is 3.26. The van der Waals surface area contributed by atoms with Crippen LogP contribution in [0, 0.1) is 0 Å². The van der Waals surface area contributed by atoms with E-state index in [4.69, 9.17) is 16.3 Å². The second-order valence-corrected chi connectivity index (χ2v) is 10.6. The van der Waals surface area contributed by atoms with E-state index in [0.717, 1.165) is 11.1 Å². The second kappa shape index (κ2) is 13.6. The second-order valence-electron chi connectivity index (χ2n) is 8.22. The summed E-state index contributed by atoms with van der Waals surface area (Å²) in [7, 11) is -0.408. The minimum atomic E-state index is -3.68. The number of carbonyl (C=O) groups excluding carboxylic acids is 1. The van der Waals surface area contributed by atoms with Crippen LogP contribution in [0.5, 0.6) is 5.75 Å². The number of hydrogen-bond donors (Lipinski definition) is 2. The van der Waals surface area contributed by atoms with Crippen molar-refractivity contribution in [1.82, 2.24) is 10.2 Å². The first-order valence-corrected chi connectivity index (χ1v) is 12.9. The number of carbonyl (C=O) groups is 1. The van der Waals surface area contributed by atoms with Crippen LogP contribution in [0.2, 0.25) is 5.02 Å². The number of aliphatic hydroxyl groups excluding tert-OH is 1. The summed E-state index contributed by atoms with van der Waals surface area (Å²) in [5.41, 5.74) is 1.73. The summed E-state index contributed by atoms with van der Waals surface area (Å²) in [6.07, 6.45) is 0.0202. The minimum Gasteiger partial charge on any atom is -0.484 e. The van der Waals surface area contributed by atoms with Crippen LogP contribution in [0.25, 0.3) is 0 Å². The Hall–Kier alpha value is -2.62. The summed E-state index contributed by atoms with van der Waals surface area (Å²) in [6, 6.07) is 19.9. The minimum absolute atomic E-state index is 0. The summed E-state index contributed by atoms with van der Waals surface area (Å²) in [6.45, 7) is 0.895. The third-order valence-corrected chi connectivity index (χ3v) is 7.41. The predicted octanol–water partition coefficient (Wildman–Crippen LogP) is 3.93. The number of aliphatic hydroxyl groups is 1. The molecule has 0 bridgehead atoms. The number of ether oxygens (including phenoxy) is 1. The molecule has 7 nitrogen and oxygen atoms in total. The zero-order chi connectivity index (χ0) is 25.4. The monoisotopic (exact) mass is 552 g/mol. The topological polar surface area (TPSA) is 95.9 Å². The van der Waals surface area contributed by atoms with Crippen molar-refractivity contribution in [1.29, 1.82) is 0 Å². The number of hydrogen-bond acceptors (Lipinski definition) is 6. The number of sulfone groups is 1. The quantitative estimate of drug-likeness (QED) is 0.350. The molecule has 0 aromatic heterocycles. The molecule has 3 aromatic rings. The van der Waals surface area contributed by atoms with Gasteiger partial charge in [0, 0.05) is 25.7 Å². The van der Waals surface area contributed by atoms with Gasteiger partial charge in [-0.15, -0.1) is 12.4 Å². The molecular formula is C26H30Cl2N2O5S. The molecule has 36 heavy (non-hydrogen) atoms. The van der Waals surface area contributed by atoms with Crippen molar-refractivity contribution >= 4 is 39.8 Å². The number of nitrogens with zero attached hydrogens (tertiary/aromatic N) is 1. The maximum Gasteiger partial charge on any atom is 0.259 e. The first-order valence-electron chi connectivity index (χ1n) is 11.1. The van der Waals surface area contributed by atoms with Crippen LogP contribution in [0.3, 0.4) is 0 Å². The van der Waals surface area contributed by atoms with Crippen LogP contribution >= 0.6 is 24.0 Å². The highest BCUT2D eigenvalue weighted by Crippen LogP contribution is 2.24. The lowest BCUT2D eigenvalue weighted by atomic mass is 10.1. The SMILES string of the molecule is CN(C)C(=O)COc1ccc(S(=O)(=O)c2ccc(CCNCC(O)c3cccc(Cl)c3)cc2)cc1.Cl. The van der Waals surface area contributed by atoms with Crippen LogP contribution in [0.4, 0.5) is 0 Å². The zero-order valence-electron chi connectivity index (χ0n) is 20.1. The van der Waals surface area contributed by atoms with E-state index in [1.807, 2.05) is 6.07 Å². The van der Waals surface area contributed by atoms with Crippen LogP contribution in [-0.4, -0.2) is 58.1 Å². The van der Waals surface area contributed by atoms with Crippen LogP contribution < -0.4 is 10.1 Å². The Balaban J connectivity index is 0.00000456. The van der Waals surface area contributed by atoms with Crippen LogP contribution in [-0.2, 0) is 21.1 Å². The van der Waals surface area contributed by atoms with Gasteiger partial charge in [0.25, 0.3) is 5.91 Å². The number of benzene rings is 3. The van der Waals surface area contributed by atoms with Gasteiger partial charge in [0.05, 0.1) is 15.9 Å². The summed E-state index contributed by atoms with van der Waals surface area (Å²) >= 11 is 5.96. The highest BCUT2D eigenvalue weighted by atomic mass is 35.5. The molecule has 1 atom stereocenters. The third kappa shape index (κ3) is 8.21. The van der Waals surface area contributed by atoms with Gasteiger partial charge in [0.1, 0.15) is 5.75 Å². The van der Waals surface area contributed by atoms with Crippen molar-refractivity contribution < 1.29 is 23.1 Å². The summed E-state index contributed by atoms with van der Waals surface area (Å²) in [5, 5.41) is 14.0. The standard InChI is InChI=1S/C26H29ClN2O5S.ClH/c1-29(2)26(31)18-34-22-8-12-24(13-9-22)35(32,33)23-10-6-19(7-11-23)14-15-28-17-25(30)20-4-3-5-21(27)16-20;/h3-13,16,25,28,30H,14-15,17-18H2,1-2H3;1H. The third-order valence-electron chi connectivity index (χ3n) is 5.39. The van der Waals surface area contributed by atoms with E-state index >= 15 is 0 Å². The van der Waals surface area contributed by atoms with Crippen molar-refractivity contribution in [2.45, 2.75) is 22.3 Å². The van der Waals surface area contributed by atoms with Gasteiger partial charge in [0.15, 0.2) is 6.61 Å². The van der Waals surface area contributed by atoms with Crippen LogP contribution in [0.1, 0.15) is 17.2 Å². The molecule has 0 saturated carbocycles. The summed E-state index contributed by atoms with van der Waals surface area (Å²) in [5.74, 6) is 0.233. The van der Waals surface area contributed by atoms with E-state index in [9.17, 15) is 18.3 Å². The molecule has 0 spiro atoms. The number of amides is 1. The van der Waals surface area contributed by atoms with Crippen molar-refractivity contribution in [3.63, 3.8) is 0 Å². The molecule has 3 aromatic carbocycles. The lowest BCUT2D eigenvalue weighted by Crippen LogP contribution is -2.27. The molecule has 0 fully saturated rings. The Labute approximate surface area is 223 Å². The fourth-order valence-corrected chi connectivity index (χ4v) is 4.72. The molecule has 0 heterocycles. The van der Waals surface area contributed by atoms with Gasteiger partial charge in [-0.1, -0.05) is 35.9 Å². The summed E-state index contributed by atoms with van der Waals surface area (Å²) in [4.78, 5) is 13.4. The molecule has 194 valence electrons. The lowest BCUT2D eigenvalue weighted by Gasteiger charge is -2.13. The van der Waals surface area contributed by atoms with Gasteiger partial charge in [-0.2, -0.15) is 0 Å². The van der Waals surface area contributed by atoms with Crippen molar-refractivity contribution in [2.24, 2.45) is 0 Å². The normalized spacial score (nSPS) is 11.9. The van der Waals surface area contributed by atoms with E-state index in [2.05, 4.69) is 5.32 Å². The van der Waals surface area contributed by atoms with Gasteiger partial charge in [-0.3, -0.25) is 4.79 Å². The Kier molecular flexibility index (Phi) is 11.2. The number of rotatable bonds is 11. The van der Waals surface area contributed by atoms with Crippen molar-refractivity contribution in [3.8, 4) is 5.75 Å². The number of likely N-dealkylation sites (N-methyl/N-ethyl adjacent to an activating group) is 1. The number of nitrogens with one attached hydrogen (secondary N) is 1. The largest absolute Gasteiger partial charge is 0.484 e. The molecule has 0 aliphatic heterocycles. The Morgan fingerprint density at radius 2 is 1.64 bits per heavy atom. The molecule has 1 amide bonds. The van der Waals surface area contributed by atoms with E-state index in [0.29, 0.717) is 30.3 Å². The smallest absolute Gasteiger partial charge is 0.259 e. The van der Waals surface area contributed by atoms with Crippen LogP contribution in [0.15, 0.2) is 82.6 Å². The highest BCUT2D eigenvalue weighted by Gasteiger charge is 2.18. The molecule has 0 radical (unpaired) electrons. The zero-order valence-corrected chi connectivity index (χ0v) is 22.4. The average Bonchev–Trinajstić information content (AvgIpc) is 2.85. The fraction of sp³-hybridized carbons (Fsp3) is 0.269. The number of halogens is 2. The molecule has 3 rings (SSSR count). The van der Waals surface area contributed by atoms with Gasteiger partial charge in [0.2, 0.25) is 9.84 Å². The maximum absolute atomic E-state index is 13.0. The van der Waals surface area contributed by atoms with Crippen molar-refractivity contribution in [2.75, 3.05) is 33.8 Å². The molecule has 0 aliphatic rings. The van der Waals surface area contributed by atoms with E-state index < -0.39 is 15.9 Å². The molecule has 0 saturated heterocycles. The van der Waals surface area contributed by atoms with E-state index in [-0.39, 0.29) is 34.7 Å². The van der Waals surface area contributed by atoms with Gasteiger partial charge in [-0.05, 0) is 72.6 Å². The van der Waals surface area contributed by atoms with Gasteiger partial charge >= 0.3 is 0 Å².